The molecule has 0 saturated carbocycles. The van der Waals surface area contributed by atoms with Gasteiger partial charge in [-0.15, -0.1) is 24.0 Å². The molecule has 1 fully saturated rings. The van der Waals surface area contributed by atoms with Crippen LogP contribution in [0, 0.1) is 5.82 Å². The predicted octanol–water partition coefficient (Wildman–Crippen LogP) is 3.05. The minimum Gasteiger partial charge on any atom is -0.356 e. The fourth-order valence-corrected chi connectivity index (χ4v) is 3.41. The van der Waals surface area contributed by atoms with Gasteiger partial charge in [0.1, 0.15) is 5.82 Å². The number of rotatable bonds is 5. The van der Waals surface area contributed by atoms with Crippen molar-refractivity contribution in [1.82, 2.24) is 10.6 Å². The van der Waals surface area contributed by atoms with Gasteiger partial charge in [-0.1, -0.05) is 12.1 Å². The number of benzene rings is 1. The van der Waals surface area contributed by atoms with Gasteiger partial charge in [-0.25, -0.2) is 4.39 Å². The molecule has 1 unspecified atom stereocenters. The van der Waals surface area contributed by atoms with E-state index in [0.29, 0.717) is 5.25 Å². The van der Waals surface area contributed by atoms with E-state index in [9.17, 15) is 4.39 Å². The zero-order chi connectivity index (χ0) is 14.2. The highest BCUT2D eigenvalue weighted by Gasteiger charge is 2.15. The lowest BCUT2D eigenvalue weighted by atomic mass is 10.1. The first-order valence-electron chi connectivity index (χ1n) is 7.08. The van der Waals surface area contributed by atoms with Crippen molar-refractivity contribution in [2.45, 2.75) is 24.5 Å². The average molecular weight is 423 g/mol. The summed E-state index contributed by atoms with van der Waals surface area (Å²) in [5, 5.41) is 7.37. The SMILES string of the molecule is CN=C(NCCc1ccc(F)cc1)NCC1CCCS1.I. The highest BCUT2D eigenvalue weighted by atomic mass is 127. The standard InChI is InChI=1S/C15H22FN3S.HI/c1-17-15(19-11-14-3-2-10-20-14)18-9-8-12-4-6-13(16)7-5-12;/h4-7,14H,2-3,8-11H2,1H3,(H2,17,18,19);1H. The topological polar surface area (TPSA) is 36.4 Å². The molecule has 1 saturated heterocycles. The van der Waals surface area contributed by atoms with E-state index < -0.39 is 0 Å². The minimum atomic E-state index is -0.187. The molecule has 1 aliphatic rings. The maximum atomic E-state index is 12.8. The predicted molar refractivity (Wildman–Crippen MR) is 100 cm³/mol. The summed E-state index contributed by atoms with van der Waals surface area (Å²) in [6.07, 6.45) is 3.48. The molecule has 0 radical (unpaired) electrons. The molecule has 118 valence electrons. The van der Waals surface area contributed by atoms with Crippen LogP contribution in [0.2, 0.25) is 0 Å². The fourth-order valence-electron chi connectivity index (χ4n) is 2.21. The van der Waals surface area contributed by atoms with Crippen LogP contribution in [0.4, 0.5) is 4.39 Å². The summed E-state index contributed by atoms with van der Waals surface area (Å²) in [5.74, 6) is 1.94. The molecular formula is C15H23FIN3S. The van der Waals surface area contributed by atoms with Crippen LogP contribution in [0.1, 0.15) is 18.4 Å². The first-order chi connectivity index (χ1) is 9.78. The van der Waals surface area contributed by atoms with Gasteiger partial charge in [0.05, 0.1) is 0 Å². The molecule has 6 heteroatoms. The van der Waals surface area contributed by atoms with Gasteiger partial charge in [0.25, 0.3) is 0 Å². The third-order valence-electron chi connectivity index (χ3n) is 3.36. The van der Waals surface area contributed by atoms with Crippen LogP contribution in [0.5, 0.6) is 0 Å². The van der Waals surface area contributed by atoms with Gasteiger partial charge in [-0.3, -0.25) is 4.99 Å². The van der Waals surface area contributed by atoms with Gasteiger partial charge in [0.15, 0.2) is 5.96 Å². The second-order valence-corrected chi connectivity index (χ2v) is 6.30. The Kier molecular flexibility index (Phi) is 9.07. The van der Waals surface area contributed by atoms with E-state index in [-0.39, 0.29) is 29.8 Å². The van der Waals surface area contributed by atoms with Crippen molar-refractivity contribution in [3.05, 3.63) is 35.6 Å². The molecule has 1 aromatic carbocycles. The van der Waals surface area contributed by atoms with Gasteiger partial charge in [-0.05, 0) is 42.7 Å². The van der Waals surface area contributed by atoms with Crippen LogP contribution in [0.25, 0.3) is 0 Å². The lowest BCUT2D eigenvalue weighted by Gasteiger charge is -2.14. The quantitative estimate of drug-likeness (QED) is 0.434. The molecule has 3 nitrogen and oxygen atoms in total. The van der Waals surface area contributed by atoms with Crippen molar-refractivity contribution in [1.29, 1.82) is 0 Å². The monoisotopic (exact) mass is 423 g/mol. The number of aliphatic imine (C=N–C) groups is 1. The zero-order valence-electron chi connectivity index (χ0n) is 12.3. The third-order valence-corrected chi connectivity index (χ3v) is 4.76. The van der Waals surface area contributed by atoms with Gasteiger partial charge < -0.3 is 10.6 Å². The number of nitrogens with one attached hydrogen (secondary N) is 2. The molecule has 0 aromatic heterocycles. The number of hydrogen-bond acceptors (Lipinski definition) is 2. The highest BCUT2D eigenvalue weighted by Crippen LogP contribution is 2.25. The molecule has 2 rings (SSSR count). The molecule has 1 heterocycles. The Hall–Kier alpha value is -0.500. The summed E-state index contributed by atoms with van der Waals surface area (Å²) in [4.78, 5) is 4.22. The molecule has 1 aliphatic heterocycles. The third kappa shape index (κ3) is 6.86. The fraction of sp³-hybridized carbons (Fsp3) is 0.533. The van der Waals surface area contributed by atoms with E-state index in [1.807, 2.05) is 23.9 Å². The Bertz CT molecular complexity index is 433. The largest absolute Gasteiger partial charge is 0.356 e. The Balaban J connectivity index is 0.00000220. The lowest BCUT2D eigenvalue weighted by molar-refractivity contribution is 0.626. The minimum absolute atomic E-state index is 0. The zero-order valence-corrected chi connectivity index (χ0v) is 15.4. The first-order valence-corrected chi connectivity index (χ1v) is 8.13. The second-order valence-electron chi connectivity index (χ2n) is 4.89. The number of halogens is 2. The van der Waals surface area contributed by atoms with Crippen molar-refractivity contribution in [3.63, 3.8) is 0 Å². The van der Waals surface area contributed by atoms with Crippen LogP contribution < -0.4 is 10.6 Å². The van der Waals surface area contributed by atoms with Crippen molar-refractivity contribution in [2.75, 3.05) is 25.9 Å². The van der Waals surface area contributed by atoms with E-state index in [2.05, 4.69) is 15.6 Å². The van der Waals surface area contributed by atoms with E-state index in [0.717, 1.165) is 31.0 Å². The summed E-state index contributed by atoms with van der Waals surface area (Å²) >= 11 is 2.04. The summed E-state index contributed by atoms with van der Waals surface area (Å²) in [7, 11) is 1.79. The molecule has 1 atom stereocenters. The smallest absolute Gasteiger partial charge is 0.191 e. The average Bonchev–Trinajstić information content (AvgIpc) is 2.98. The van der Waals surface area contributed by atoms with Gasteiger partial charge in [0.2, 0.25) is 0 Å². The van der Waals surface area contributed by atoms with Crippen molar-refractivity contribution < 1.29 is 4.39 Å². The number of guanidine groups is 1. The number of nitrogens with zero attached hydrogens (tertiary/aromatic N) is 1. The molecular weight excluding hydrogens is 400 g/mol. The molecule has 0 aliphatic carbocycles. The Morgan fingerprint density at radius 1 is 1.33 bits per heavy atom. The van der Waals surface area contributed by atoms with E-state index in [4.69, 9.17) is 0 Å². The summed E-state index contributed by atoms with van der Waals surface area (Å²) in [5.41, 5.74) is 1.13. The Morgan fingerprint density at radius 2 is 2.10 bits per heavy atom. The highest BCUT2D eigenvalue weighted by molar-refractivity contribution is 14.0. The summed E-state index contributed by atoms with van der Waals surface area (Å²) in [6.45, 7) is 1.77. The van der Waals surface area contributed by atoms with Crippen LogP contribution in [-0.2, 0) is 6.42 Å². The Labute approximate surface area is 147 Å². The number of hydrogen-bond donors (Lipinski definition) is 2. The maximum absolute atomic E-state index is 12.8. The van der Waals surface area contributed by atoms with Crippen LogP contribution in [0.15, 0.2) is 29.3 Å². The first kappa shape index (κ1) is 18.5. The Morgan fingerprint density at radius 3 is 2.71 bits per heavy atom. The van der Waals surface area contributed by atoms with Gasteiger partial charge >= 0.3 is 0 Å². The van der Waals surface area contributed by atoms with E-state index in [1.165, 1.54) is 30.7 Å². The molecule has 21 heavy (non-hydrogen) atoms. The summed E-state index contributed by atoms with van der Waals surface area (Å²) < 4.78 is 12.8. The molecule has 2 N–H and O–H groups in total. The maximum Gasteiger partial charge on any atom is 0.191 e. The van der Waals surface area contributed by atoms with Crippen molar-refractivity contribution in [3.8, 4) is 0 Å². The lowest BCUT2D eigenvalue weighted by Crippen LogP contribution is -2.40. The van der Waals surface area contributed by atoms with Crippen molar-refractivity contribution in [2.24, 2.45) is 4.99 Å². The van der Waals surface area contributed by atoms with Gasteiger partial charge in [-0.2, -0.15) is 11.8 Å². The molecule has 0 bridgehead atoms. The molecule has 0 spiro atoms. The molecule has 0 amide bonds. The summed E-state index contributed by atoms with van der Waals surface area (Å²) in [6, 6.07) is 6.64. The van der Waals surface area contributed by atoms with Crippen LogP contribution >= 0.6 is 35.7 Å². The van der Waals surface area contributed by atoms with Crippen molar-refractivity contribution >= 4 is 41.7 Å². The normalized spacial score (nSPS) is 18.2. The van der Waals surface area contributed by atoms with Gasteiger partial charge in [0, 0.05) is 25.4 Å². The van der Waals surface area contributed by atoms with Crippen LogP contribution in [0.3, 0.4) is 0 Å². The van der Waals surface area contributed by atoms with E-state index in [1.54, 1.807) is 7.05 Å². The van der Waals surface area contributed by atoms with E-state index >= 15 is 0 Å². The number of thioether (sulfide) groups is 1. The molecule has 1 aromatic rings. The van der Waals surface area contributed by atoms with Crippen LogP contribution in [-0.4, -0.2) is 37.1 Å². The second kappa shape index (κ2) is 10.3.